The lowest BCUT2D eigenvalue weighted by molar-refractivity contribution is 0.109. The lowest BCUT2D eigenvalue weighted by atomic mass is 10.0. The number of aldehydes is 1. The van der Waals surface area contributed by atoms with Gasteiger partial charge in [0.2, 0.25) is 5.76 Å². The number of nitrogens with zero attached hydrogens (tertiary/aromatic N) is 1. The molecule has 0 amide bonds. The molecular formula is C17H13NO3. The summed E-state index contributed by atoms with van der Waals surface area (Å²) < 4.78 is 10.7. The minimum atomic E-state index is -0.308. The first-order valence-corrected chi connectivity index (χ1v) is 6.55. The number of carbonyl (C=O) groups excluding carboxylic acids is 1. The summed E-state index contributed by atoms with van der Waals surface area (Å²) in [5.41, 5.74) is 2.00. The summed E-state index contributed by atoms with van der Waals surface area (Å²) in [6.45, 7) is 0. The van der Waals surface area contributed by atoms with Crippen LogP contribution in [0.1, 0.15) is 27.8 Å². The molecule has 4 heteroatoms. The number of carbonyl (C=O) groups is 1. The van der Waals surface area contributed by atoms with Crippen LogP contribution in [0.4, 0.5) is 0 Å². The fourth-order valence-electron chi connectivity index (χ4n) is 2.09. The summed E-state index contributed by atoms with van der Waals surface area (Å²) in [5, 5.41) is 3.75. The van der Waals surface area contributed by atoms with E-state index in [-0.39, 0.29) is 17.7 Å². The maximum absolute atomic E-state index is 10.7. The summed E-state index contributed by atoms with van der Waals surface area (Å²) in [4.78, 5) is 10.7. The van der Waals surface area contributed by atoms with Crippen molar-refractivity contribution in [3.8, 4) is 5.88 Å². The number of benzene rings is 2. The van der Waals surface area contributed by atoms with Crippen LogP contribution in [0, 0.1) is 0 Å². The maximum atomic E-state index is 10.7. The van der Waals surface area contributed by atoms with Gasteiger partial charge in [-0.3, -0.25) is 4.79 Å². The fourth-order valence-corrected chi connectivity index (χ4v) is 2.09. The molecule has 0 aliphatic heterocycles. The van der Waals surface area contributed by atoms with E-state index in [0.29, 0.717) is 6.29 Å². The van der Waals surface area contributed by atoms with E-state index in [2.05, 4.69) is 5.16 Å². The van der Waals surface area contributed by atoms with Crippen molar-refractivity contribution in [2.24, 2.45) is 0 Å². The number of hydrogen-bond donors (Lipinski definition) is 0. The summed E-state index contributed by atoms with van der Waals surface area (Å²) in [6, 6.07) is 21.1. The molecule has 4 nitrogen and oxygen atoms in total. The van der Waals surface area contributed by atoms with Crippen LogP contribution in [-0.2, 0) is 0 Å². The second-order valence-electron chi connectivity index (χ2n) is 4.50. The monoisotopic (exact) mass is 279 g/mol. The minimum Gasteiger partial charge on any atom is -0.462 e. The Labute approximate surface area is 122 Å². The Hall–Kier alpha value is -2.88. The van der Waals surface area contributed by atoms with Crippen LogP contribution in [0.15, 0.2) is 71.3 Å². The van der Waals surface area contributed by atoms with E-state index in [1.165, 1.54) is 6.07 Å². The third kappa shape index (κ3) is 3.00. The van der Waals surface area contributed by atoms with Gasteiger partial charge in [0.25, 0.3) is 5.88 Å². The van der Waals surface area contributed by atoms with Crippen molar-refractivity contribution in [3.05, 3.63) is 83.6 Å². The molecular weight excluding hydrogens is 266 g/mol. The lowest BCUT2D eigenvalue weighted by Crippen LogP contribution is -2.09. The Kier molecular flexibility index (Phi) is 3.78. The van der Waals surface area contributed by atoms with Gasteiger partial charge < -0.3 is 9.26 Å². The second kappa shape index (κ2) is 6.05. The molecule has 1 aromatic heterocycles. The van der Waals surface area contributed by atoms with Crippen molar-refractivity contribution in [2.75, 3.05) is 0 Å². The average Bonchev–Trinajstić information content (AvgIpc) is 3.02. The molecule has 2 aromatic carbocycles. The minimum absolute atomic E-state index is 0.143. The molecule has 0 aliphatic rings. The van der Waals surface area contributed by atoms with Gasteiger partial charge in [0, 0.05) is 0 Å². The molecule has 0 aliphatic carbocycles. The Balaban J connectivity index is 1.94. The highest BCUT2D eigenvalue weighted by Crippen LogP contribution is 2.27. The zero-order valence-electron chi connectivity index (χ0n) is 11.2. The van der Waals surface area contributed by atoms with Crippen molar-refractivity contribution in [2.45, 2.75) is 6.10 Å². The van der Waals surface area contributed by atoms with Gasteiger partial charge in [-0.1, -0.05) is 60.7 Å². The smallest absolute Gasteiger partial charge is 0.255 e. The van der Waals surface area contributed by atoms with E-state index in [9.17, 15) is 4.79 Å². The largest absolute Gasteiger partial charge is 0.462 e. The molecule has 0 bridgehead atoms. The maximum Gasteiger partial charge on any atom is 0.255 e. The van der Waals surface area contributed by atoms with Gasteiger partial charge in [-0.05, 0) is 16.3 Å². The van der Waals surface area contributed by atoms with Crippen molar-refractivity contribution >= 4 is 6.29 Å². The van der Waals surface area contributed by atoms with E-state index in [0.717, 1.165) is 11.1 Å². The molecule has 0 saturated carbocycles. The van der Waals surface area contributed by atoms with Gasteiger partial charge in [-0.25, -0.2) is 0 Å². The van der Waals surface area contributed by atoms with E-state index >= 15 is 0 Å². The van der Waals surface area contributed by atoms with Crippen molar-refractivity contribution < 1.29 is 14.1 Å². The van der Waals surface area contributed by atoms with Gasteiger partial charge in [0.05, 0.1) is 6.07 Å². The predicted molar refractivity (Wildman–Crippen MR) is 77.2 cm³/mol. The van der Waals surface area contributed by atoms with E-state index in [4.69, 9.17) is 9.26 Å². The Morgan fingerprint density at radius 2 is 1.52 bits per heavy atom. The average molecular weight is 279 g/mol. The topological polar surface area (TPSA) is 52.3 Å². The van der Waals surface area contributed by atoms with E-state index < -0.39 is 0 Å². The molecule has 104 valence electrons. The molecule has 0 fully saturated rings. The predicted octanol–water partition coefficient (Wildman–Crippen LogP) is 3.66. The molecule has 3 rings (SSSR count). The van der Waals surface area contributed by atoms with Crippen molar-refractivity contribution in [1.29, 1.82) is 0 Å². The SMILES string of the molecule is O=Cc1cc(OC(c2ccccc2)c2ccccc2)no1. The quantitative estimate of drug-likeness (QED) is 0.669. The molecule has 3 aromatic rings. The summed E-state index contributed by atoms with van der Waals surface area (Å²) in [5.74, 6) is 0.430. The van der Waals surface area contributed by atoms with Crippen LogP contribution < -0.4 is 4.74 Å². The number of ether oxygens (including phenoxy) is 1. The van der Waals surface area contributed by atoms with Gasteiger partial charge in [-0.2, -0.15) is 0 Å². The van der Waals surface area contributed by atoms with Crippen LogP contribution in [0.3, 0.4) is 0 Å². The highest BCUT2D eigenvalue weighted by molar-refractivity contribution is 5.70. The second-order valence-corrected chi connectivity index (χ2v) is 4.50. The summed E-state index contributed by atoms with van der Waals surface area (Å²) in [7, 11) is 0. The zero-order valence-corrected chi connectivity index (χ0v) is 11.2. The highest BCUT2D eigenvalue weighted by atomic mass is 16.5. The van der Waals surface area contributed by atoms with Crippen molar-refractivity contribution in [3.63, 3.8) is 0 Å². The lowest BCUT2D eigenvalue weighted by Gasteiger charge is -2.18. The first kappa shape index (κ1) is 13.1. The third-order valence-corrected chi connectivity index (χ3v) is 3.07. The fraction of sp³-hybridized carbons (Fsp3) is 0.0588. The Morgan fingerprint density at radius 1 is 0.952 bits per heavy atom. The Morgan fingerprint density at radius 3 is 2.00 bits per heavy atom. The summed E-state index contributed by atoms with van der Waals surface area (Å²) in [6.07, 6.45) is 0.289. The normalized spacial score (nSPS) is 10.5. The van der Waals surface area contributed by atoms with Crippen LogP contribution >= 0.6 is 0 Å². The third-order valence-electron chi connectivity index (χ3n) is 3.07. The number of aromatic nitrogens is 1. The van der Waals surface area contributed by atoms with Gasteiger partial charge in [-0.15, -0.1) is 0 Å². The van der Waals surface area contributed by atoms with Gasteiger partial charge in [0.15, 0.2) is 12.4 Å². The Bertz CT molecular complexity index is 668. The van der Waals surface area contributed by atoms with Crippen LogP contribution in [0.25, 0.3) is 0 Å². The van der Waals surface area contributed by atoms with E-state index in [1.807, 2.05) is 60.7 Å². The highest BCUT2D eigenvalue weighted by Gasteiger charge is 2.17. The van der Waals surface area contributed by atoms with Crippen LogP contribution in [0.5, 0.6) is 5.88 Å². The van der Waals surface area contributed by atoms with Crippen molar-refractivity contribution in [1.82, 2.24) is 5.16 Å². The first-order valence-electron chi connectivity index (χ1n) is 6.55. The molecule has 21 heavy (non-hydrogen) atoms. The molecule has 1 heterocycles. The molecule has 0 spiro atoms. The molecule has 0 N–H and O–H groups in total. The first-order chi connectivity index (χ1) is 10.4. The molecule has 0 atom stereocenters. The standard InChI is InChI=1S/C17H13NO3/c19-12-15-11-16(18-21-15)20-17(13-7-3-1-4-8-13)14-9-5-2-6-10-14/h1-12,17H. The van der Waals surface area contributed by atoms with E-state index in [1.54, 1.807) is 0 Å². The zero-order chi connectivity index (χ0) is 14.5. The molecule has 0 radical (unpaired) electrons. The molecule has 0 unspecified atom stereocenters. The summed E-state index contributed by atoms with van der Waals surface area (Å²) >= 11 is 0. The van der Waals surface area contributed by atoms with Crippen LogP contribution in [-0.4, -0.2) is 11.4 Å². The number of hydrogen-bond acceptors (Lipinski definition) is 4. The number of rotatable bonds is 5. The van der Waals surface area contributed by atoms with Crippen LogP contribution in [0.2, 0.25) is 0 Å². The van der Waals surface area contributed by atoms with Gasteiger partial charge >= 0.3 is 0 Å². The van der Waals surface area contributed by atoms with Gasteiger partial charge in [0.1, 0.15) is 0 Å². The molecule has 0 saturated heterocycles.